The van der Waals surface area contributed by atoms with Gasteiger partial charge in [0.1, 0.15) is 23.7 Å². The third-order valence-electron chi connectivity index (χ3n) is 3.95. The Morgan fingerprint density at radius 1 is 1.48 bits per heavy atom. The largest absolute Gasteiger partial charge is 0.507 e. The monoisotopic (exact) mass is 290 g/mol. The van der Waals surface area contributed by atoms with Crippen LogP contribution in [0.1, 0.15) is 53.7 Å². The minimum atomic E-state index is -0.455. The van der Waals surface area contributed by atoms with Gasteiger partial charge in [0.2, 0.25) is 0 Å². The van der Waals surface area contributed by atoms with E-state index in [9.17, 15) is 9.90 Å². The van der Waals surface area contributed by atoms with E-state index < -0.39 is 5.97 Å². The maximum Gasteiger partial charge on any atom is 0.342 e. The first-order valence-corrected chi connectivity index (χ1v) is 7.25. The quantitative estimate of drug-likeness (QED) is 0.664. The summed E-state index contributed by atoms with van der Waals surface area (Å²) in [5, 5.41) is 10.4. The fraction of sp³-hybridized carbons (Fsp3) is 0.471. The van der Waals surface area contributed by atoms with Crippen molar-refractivity contribution in [3.8, 4) is 11.5 Å². The molecule has 0 amide bonds. The zero-order valence-electron chi connectivity index (χ0n) is 13.1. The average Bonchev–Trinajstić information content (AvgIpc) is 2.84. The first-order chi connectivity index (χ1) is 10.0. The molecular weight excluding hydrogens is 268 g/mol. The minimum Gasteiger partial charge on any atom is -0.507 e. The van der Waals surface area contributed by atoms with Crippen molar-refractivity contribution >= 4 is 5.97 Å². The van der Waals surface area contributed by atoms with Crippen molar-refractivity contribution in [2.45, 2.75) is 46.6 Å². The zero-order chi connectivity index (χ0) is 15.6. The maximum atomic E-state index is 11.8. The molecule has 114 valence electrons. The molecule has 0 aliphatic carbocycles. The number of carbonyl (C=O) groups excluding carboxylic acids is 1. The first kappa shape index (κ1) is 15.4. The highest BCUT2D eigenvalue weighted by Gasteiger charge is 2.31. The molecule has 4 nitrogen and oxygen atoms in total. The van der Waals surface area contributed by atoms with Crippen molar-refractivity contribution in [1.82, 2.24) is 0 Å². The standard InChI is InChI=1S/C17H22O4/c1-5-6-10(2)7-8-12-15(18)14-13(9-21-17(14)19)11(3)16(12)20-4/h7,18H,5-6,8-9H2,1-4H3/b10-7+. The number of rotatable bonds is 5. The summed E-state index contributed by atoms with van der Waals surface area (Å²) in [7, 11) is 1.58. The number of cyclic esters (lactones) is 1. The summed E-state index contributed by atoms with van der Waals surface area (Å²) in [4.78, 5) is 11.8. The van der Waals surface area contributed by atoms with E-state index in [1.54, 1.807) is 7.11 Å². The number of methoxy groups -OCH3 is 1. The topological polar surface area (TPSA) is 55.8 Å². The van der Waals surface area contributed by atoms with Gasteiger partial charge in [-0.1, -0.05) is 25.0 Å². The number of phenols is 1. The molecule has 0 unspecified atom stereocenters. The number of aromatic hydroxyl groups is 1. The summed E-state index contributed by atoms with van der Waals surface area (Å²) >= 11 is 0. The van der Waals surface area contributed by atoms with Crippen LogP contribution in [0.25, 0.3) is 0 Å². The third kappa shape index (κ3) is 2.75. The molecule has 1 heterocycles. The van der Waals surface area contributed by atoms with Gasteiger partial charge in [0.05, 0.1) is 7.11 Å². The molecule has 2 rings (SSSR count). The lowest BCUT2D eigenvalue weighted by atomic mass is 9.94. The van der Waals surface area contributed by atoms with Gasteiger partial charge < -0.3 is 14.6 Å². The van der Waals surface area contributed by atoms with Gasteiger partial charge in [0, 0.05) is 11.1 Å². The predicted octanol–water partition coefficient (Wildman–Crippen LogP) is 3.67. The van der Waals surface area contributed by atoms with Crippen LogP contribution < -0.4 is 4.74 Å². The van der Waals surface area contributed by atoms with E-state index in [1.807, 2.05) is 6.92 Å². The molecule has 1 aromatic rings. The minimum absolute atomic E-state index is 0.00417. The molecule has 21 heavy (non-hydrogen) atoms. The fourth-order valence-corrected chi connectivity index (χ4v) is 2.80. The van der Waals surface area contributed by atoms with E-state index in [-0.39, 0.29) is 12.4 Å². The van der Waals surface area contributed by atoms with Crippen LogP contribution in [-0.2, 0) is 17.8 Å². The molecule has 1 aliphatic rings. The third-order valence-corrected chi connectivity index (χ3v) is 3.95. The molecule has 0 fully saturated rings. The number of carbonyl (C=O) groups is 1. The summed E-state index contributed by atoms with van der Waals surface area (Å²) in [6, 6.07) is 0. The van der Waals surface area contributed by atoms with E-state index in [0.717, 1.165) is 24.0 Å². The number of esters is 1. The van der Waals surface area contributed by atoms with Crippen LogP contribution in [0, 0.1) is 6.92 Å². The van der Waals surface area contributed by atoms with Gasteiger partial charge in [-0.05, 0) is 32.3 Å². The lowest BCUT2D eigenvalue weighted by Gasteiger charge is -2.15. The number of ether oxygens (including phenoxy) is 2. The Labute approximate surface area is 125 Å². The van der Waals surface area contributed by atoms with Gasteiger partial charge >= 0.3 is 5.97 Å². The van der Waals surface area contributed by atoms with Crippen LogP contribution in [0.5, 0.6) is 11.5 Å². The Hall–Kier alpha value is -1.97. The summed E-state index contributed by atoms with van der Waals surface area (Å²) in [6.45, 7) is 6.30. The predicted molar refractivity (Wildman–Crippen MR) is 80.9 cm³/mol. The van der Waals surface area contributed by atoms with Crippen molar-refractivity contribution in [1.29, 1.82) is 0 Å². The van der Waals surface area contributed by atoms with Crippen LogP contribution in [0.15, 0.2) is 11.6 Å². The highest BCUT2D eigenvalue weighted by atomic mass is 16.5. The summed E-state index contributed by atoms with van der Waals surface area (Å²) in [5.41, 5.74) is 3.81. The Kier molecular flexibility index (Phi) is 4.56. The van der Waals surface area contributed by atoms with Gasteiger partial charge in [-0.15, -0.1) is 0 Å². The molecule has 0 radical (unpaired) electrons. The van der Waals surface area contributed by atoms with Crippen LogP contribution in [0.2, 0.25) is 0 Å². The Morgan fingerprint density at radius 3 is 2.81 bits per heavy atom. The maximum absolute atomic E-state index is 11.8. The van der Waals surface area contributed by atoms with Gasteiger partial charge in [-0.3, -0.25) is 0 Å². The number of hydrogen-bond donors (Lipinski definition) is 1. The number of fused-ring (bicyclic) bond motifs is 1. The summed E-state index contributed by atoms with van der Waals surface area (Å²) in [5.74, 6) is 0.185. The second-order valence-electron chi connectivity index (χ2n) is 5.42. The van der Waals surface area contributed by atoms with E-state index in [2.05, 4.69) is 19.9 Å². The number of allylic oxidation sites excluding steroid dienone is 2. The normalized spacial score (nSPS) is 14.1. The Balaban J connectivity index is 2.50. The molecule has 0 saturated carbocycles. The number of benzene rings is 1. The summed E-state index contributed by atoms with van der Waals surface area (Å²) < 4.78 is 10.5. The van der Waals surface area contributed by atoms with E-state index >= 15 is 0 Å². The smallest absolute Gasteiger partial charge is 0.342 e. The molecule has 0 aromatic heterocycles. The highest BCUT2D eigenvalue weighted by Crippen LogP contribution is 2.41. The molecule has 0 spiro atoms. The first-order valence-electron chi connectivity index (χ1n) is 7.25. The second-order valence-corrected chi connectivity index (χ2v) is 5.42. The van der Waals surface area contributed by atoms with Crippen molar-refractivity contribution < 1.29 is 19.4 Å². The zero-order valence-corrected chi connectivity index (χ0v) is 13.1. The van der Waals surface area contributed by atoms with Crippen molar-refractivity contribution in [2.75, 3.05) is 7.11 Å². The molecule has 1 aliphatic heterocycles. The molecule has 0 saturated heterocycles. The van der Waals surface area contributed by atoms with Crippen LogP contribution >= 0.6 is 0 Å². The lowest BCUT2D eigenvalue weighted by molar-refractivity contribution is 0.0533. The van der Waals surface area contributed by atoms with Gasteiger partial charge in [0.25, 0.3) is 0 Å². The van der Waals surface area contributed by atoms with E-state index in [4.69, 9.17) is 9.47 Å². The molecule has 1 N–H and O–H groups in total. The van der Waals surface area contributed by atoms with Gasteiger partial charge in [-0.2, -0.15) is 0 Å². The average molecular weight is 290 g/mol. The molecule has 0 atom stereocenters. The molecule has 1 aromatic carbocycles. The number of hydrogen-bond acceptors (Lipinski definition) is 4. The van der Waals surface area contributed by atoms with Crippen LogP contribution in [0.4, 0.5) is 0 Å². The highest BCUT2D eigenvalue weighted by molar-refractivity contribution is 5.98. The van der Waals surface area contributed by atoms with E-state index in [1.165, 1.54) is 5.57 Å². The molecule has 0 bridgehead atoms. The van der Waals surface area contributed by atoms with Crippen molar-refractivity contribution in [3.63, 3.8) is 0 Å². The Bertz CT molecular complexity index is 600. The van der Waals surface area contributed by atoms with Crippen LogP contribution in [-0.4, -0.2) is 18.2 Å². The SMILES string of the molecule is CCC/C(C)=C/Cc1c(O)c2c(c(C)c1OC)COC2=O. The van der Waals surface area contributed by atoms with Gasteiger partial charge in [-0.25, -0.2) is 4.79 Å². The second kappa shape index (κ2) is 6.20. The van der Waals surface area contributed by atoms with Crippen molar-refractivity contribution in [3.05, 3.63) is 33.9 Å². The van der Waals surface area contributed by atoms with E-state index in [0.29, 0.717) is 23.3 Å². The summed E-state index contributed by atoms with van der Waals surface area (Å²) in [6.07, 6.45) is 4.73. The fourth-order valence-electron chi connectivity index (χ4n) is 2.80. The molecular formula is C17H22O4. The van der Waals surface area contributed by atoms with Crippen LogP contribution in [0.3, 0.4) is 0 Å². The van der Waals surface area contributed by atoms with Gasteiger partial charge in [0.15, 0.2) is 0 Å². The lowest BCUT2D eigenvalue weighted by Crippen LogP contribution is -2.03. The molecule has 4 heteroatoms. The number of phenolic OH excluding ortho intramolecular Hbond substituents is 1. The Morgan fingerprint density at radius 2 is 2.19 bits per heavy atom. The van der Waals surface area contributed by atoms with Crippen molar-refractivity contribution in [2.24, 2.45) is 0 Å².